The molecule has 5 atom stereocenters. The summed E-state index contributed by atoms with van der Waals surface area (Å²) in [5, 5.41) is 10.9. The molecule has 4 rings (SSSR count). The van der Waals surface area contributed by atoms with Crippen LogP contribution in [0.3, 0.4) is 0 Å². The third-order valence-corrected chi connectivity index (χ3v) is 6.54. The summed E-state index contributed by atoms with van der Waals surface area (Å²) in [6.45, 7) is 3.57. The van der Waals surface area contributed by atoms with Crippen molar-refractivity contribution in [2.24, 2.45) is 4.99 Å². The van der Waals surface area contributed by atoms with Crippen LogP contribution >= 0.6 is 0 Å². The molecule has 9 heteroatoms. The average molecular weight is 438 g/mol. The number of hydrogen-bond donors (Lipinski definition) is 3. The molecule has 1 amide bonds. The summed E-state index contributed by atoms with van der Waals surface area (Å²) in [5.74, 6) is -0.235. The van der Waals surface area contributed by atoms with E-state index in [0.717, 1.165) is 23.5 Å². The maximum atomic E-state index is 13.0. The number of carbonyl (C=O) groups is 1. The van der Waals surface area contributed by atoms with Crippen LogP contribution in [-0.4, -0.2) is 67.8 Å². The van der Waals surface area contributed by atoms with Crippen molar-refractivity contribution >= 4 is 12.0 Å². The van der Waals surface area contributed by atoms with Crippen molar-refractivity contribution in [3.05, 3.63) is 34.3 Å². The molecule has 5 unspecified atom stereocenters. The molecular formula is C22H30F3N5O. The van der Waals surface area contributed by atoms with Gasteiger partial charge in [-0.25, -0.2) is 0 Å². The van der Waals surface area contributed by atoms with Crippen LogP contribution in [0.5, 0.6) is 0 Å². The summed E-state index contributed by atoms with van der Waals surface area (Å²) in [5.41, 5.74) is 1.19. The van der Waals surface area contributed by atoms with Crippen LogP contribution in [0.4, 0.5) is 13.2 Å². The fraction of sp³-hybridized carbons (Fsp3) is 0.636. The number of amides is 1. The van der Waals surface area contributed by atoms with Crippen LogP contribution in [0.25, 0.3) is 6.08 Å². The van der Waals surface area contributed by atoms with E-state index in [0.29, 0.717) is 13.0 Å². The molecule has 0 aliphatic carbocycles. The van der Waals surface area contributed by atoms with E-state index in [1.165, 1.54) is 5.56 Å². The van der Waals surface area contributed by atoms with Crippen molar-refractivity contribution < 1.29 is 18.0 Å². The monoisotopic (exact) mass is 437 g/mol. The predicted octanol–water partition coefficient (Wildman–Crippen LogP) is 0.623. The van der Waals surface area contributed by atoms with Crippen molar-refractivity contribution in [1.29, 1.82) is 0 Å². The molecule has 0 aromatic heterocycles. The van der Waals surface area contributed by atoms with Crippen LogP contribution in [0.1, 0.15) is 37.8 Å². The minimum Gasteiger partial charge on any atom is -0.352 e. The second-order valence-corrected chi connectivity index (χ2v) is 8.83. The summed E-state index contributed by atoms with van der Waals surface area (Å²) < 4.78 is 39.1. The van der Waals surface area contributed by atoms with E-state index in [2.05, 4.69) is 38.0 Å². The van der Waals surface area contributed by atoms with Gasteiger partial charge in [0.25, 0.3) is 0 Å². The molecule has 0 radical (unpaired) electrons. The van der Waals surface area contributed by atoms with Crippen molar-refractivity contribution in [3.63, 3.8) is 0 Å². The standard InChI is InChI=1S/C22H30F3N5O/c1-13-20(16-5-3-7-17-15(16)6-4-9-26-17)30(2)12-18(28-13)21(31)29-14-8-10-27-19(11-14)22(23,24)25/h3,5-7,13-14,18-20,27-28H,4,8-12H2,1-2H3,(H,29,31). The van der Waals surface area contributed by atoms with Gasteiger partial charge in [-0.15, -0.1) is 0 Å². The smallest absolute Gasteiger partial charge is 0.352 e. The maximum absolute atomic E-state index is 13.0. The Labute approximate surface area is 180 Å². The second kappa shape index (κ2) is 8.88. The third-order valence-electron chi connectivity index (χ3n) is 6.54. The van der Waals surface area contributed by atoms with Gasteiger partial charge in [0.1, 0.15) is 6.04 Å². The van der Waals surface area contributed by atoms with Crippen LogP contribution in [0.15, 0.2) is 23.2 Å². The van der Waals surface area contributed by atoms with Crippen molar-refractivity contribution in [1.82, 2.24) is 20.9 Å². The summed E-state index contributed by atoms with van der Waals surface area (Å²) >= 11 is 0. The summed E-state index contributed by atoms with van der Waals surface area (Å²) in [4.78, 5) is 19.6. The molecule has 1 aromatic carbocycles. The highest BCUT2D eigenvalue weighted by atomic mass is 19.4. The first-order valence-corrected chi connectivity index (χ1v) is 10.9. The normalized spacial score (nSPS) is 31.8. The van der Waals surface area contributed by atoms with E-state index in [9.17, 15) is 18.0 Å². The Bertz CT molecular complexity index is 922. The van der Waals surface area contributed by atoms with Crippen LogP contribution < -0.4 is 26.5 Å². The molecule has 31 heavy (non-hydrogen) atoms. The van der Waals surface area contributed by atoms with E-state index in [1.54, 1.807) is 0 Å². The molecule has 3 N–H and O–H groups in total. The number of halogens is 3. The molecule has 0 saturated carbocycles. The SMILES string of the molecule is CC1NC(C(=O)NC2CCNC(C(F)(F)F)C2)CN(C)C1c1cccc2c1=CCCN=2. The Hall–Kier alpha value is -1.97. The summed E-state index contributed by atoms with van der Waals surface area (Å²) in [6, 6.07) is 3.72. The van der Waals surface area contributed by atoms with Gasteiger partial charge in [-0.1, -0.05) is 18.2 Å². The Balaban J connectivity index is 1.43. The van der Waals surface area contributed by atoms with Crippen molar-refractivity contribution in [2.75, 3.05) is 26.7 Å². The number of carbonyl (C=O) groups excluding carboxylic acids is 1. The van der Waals surface area contributed by atoms with E-state index in [-0.39, 0.29) is 31.0 Å². The largest absolute Gasteiger partial charge is 0.403 e. The topological polar surface area (TPSA) is 68.8 Å². The molecule has 1 aromatic rings. The van der Waals surface area contributed by atoms with Gasteiger partial charge >= 0.3 is 6.18 Å². The Morgan fingerprint density at radius 2 is 2.13 bits per heavy atom. The maximum Gasteiger partial charge on any atom is 0.403 e. The number of nitrogens with one attached hydrogen (secondary N) is 3. The zero-order valence-electron chi connectivity index (χ0n) is 17.9. The predicted molar refractivity (Wildman–Crippen MR) is 112 cm³/mol. The first-order valence-electron chi connectivity index (χ1n) is 10.9. The lowest BCUT2D eigenvalue weighted by Crippen LogP contribution is -2.63. The fourth-order valence-electron chi connectivity index (χ4n) is 5.09. The number of alkyl halides is 3. The second-order valence-electron chi connectivity index (χ2n) is 8.83. The Morgan fingerprint density at radius 1 is 1.32 bits per heavy atom. The molecule has 3 aliphatic heterocycles. The molecule has 0 spiro atoms. The molecule has 6 nitrogen and oxygen atoms in total. The Kier molecular flexibility index (Phi) is 6.37. The number of benzene rings is 1. The zero-order chi connectivity index (χ0) is 22.2. The quantitative estimate of drug-likeness (QED) is 0.649. The highest BCUT2D eigenvalue weighted by Gasteiger charge is 2.43. The van der Waals surface area contributed by atoms with Crippen molar-refractivity contribution in [3.8, 4) is 0 Å². The third kappa shape index (κ3) is 4.78. The first-order chi connectivity index (χ1) is 14.7. The number of nitrogens with zero attached hydrogens (tertiary/aromatic N) is 2. The minimum atomic E-state index is -4.30. The van der Waals surface area contributed by atoms with E-state index >= 15 is 0 Å². The summed E-state index contributed by atoms with van der Waals surface area (Å²) in [6.07, 6.45) is -0.791. The van der Waals surface area contributed by atoms with Gasteiger partial charge in [0.05, 0.1) is 17.4 Å². The molecular weight excluding hydrogens is 407 g/mol. The highest BCUT2D eigenvalue weighted by molar-refractivity contribution is 5.82. The molecule has 2 fully saturated rings. The molecule has 0 bridgehead atoms. The van der Waals surface area contributed by atoms with E-state index in [4.69, 9.17) is 0 Å². The average Bonchev–Trinajstić information content (AvgIpc) is 2.73. The Morgan fingerprint density at radius 3 is 2.87 bits per heavy atom. The van der Waals surface area contributed by atoms with Gasteiger partial charge < -0.3 is 16.0 Å². The number of fused-ring (bicyclic) bond motifs is 1. The van der Waals surface area contributed by atoms with Gasteiger partial charge in [0, 0.05) is 30.4 Å². The molecule has 2 saturated heterocycles. The minimum absolute atomic E-state index is 0.00715. The lowest BCUT2D eigenvalue weighted by atomic mass is 9.92. The van der Waals surface area contributed by atoms with Crippen LogP contribution in [0.2, 0.25) is 0 Å². The fourth-order valence-corrected chi connectivity index (χ4v) is 5.09. The summed E-state index contributed by atoms with van der Waals surface area (Å²) in [7, 11) is 1.99. The van der Waals surface area contributed by atoms with Gasteiger partial charge in [-0.2, -0.15) is 13.2 Å². The number of piperidine rings is 1. The zero-order valence-corrected chi connectivity index (χ0v) is 17.9. The highest BCUT2D eigenvalue weighted by Crippen LogP contribution is 2.27. The molecule has 3 aliphatic rings. The van der Waals surface area contributed by atoms with Gasteiger partial charge in [-0.3, -0.25) is 14.7 Å². The number of rotatable bonds is 3. The number of hydrogen-bond acceptors (Lipinski definition) is 5. The van der Waals surface area contributed by atoms with Gasteiger partial charge in [0.15, 0.2) is 0 Å². The lowest BCUT2D eigenvalue weighted by molar-refractivity contribution is -0.162. The van der Waals surface area contributed by atoms with Gasteiger partial charge in [0.2, 0.25) is 5.91 Å². The van der Waals surface area contributed by atoms with E-state index in [1.807, 2.05) is 26.1 Å². The number of piperazine rings is 1. The van der Waals surface area contributed by atoms with Gasteiger partial charge in [-0.05, 0) is 51.4 Å². The number of likely N-dealkylation sites (N-methyl/N-ethyl adjacent to an activating group) is 1. The first kappa shape index (κ1) is 22.2. The molecule has 170 valence electrons. The molecule has 3 heterocycles. The van der Waals surface area contributed by atoms with E-state index < -0.39 is 24.3 Å². The lowest BCUT2D eigenvalue weighted by Gasteiger charge is -2.43. The van der Waals surface area contributed by atoms with Crippen LogP contribution in [0, 0.1) is 0 Å². The van der Waals surface area contributed by atoms with Crippen LogP contribution in [-0.2, 0) is 4.79 Å². The van der Waals surface area contributed by atoms with Crippen molar-refractivity contribution in [2.45, 2.75) is 62.6 Å².